The van der Waals surface area contributed by atoms with Crippen molar-refractivity contribution in [3.63, 3.8) is 0 Å². The van der Waals surface area contributed by atoms with Crippen molar-refractivity contribution < 1.29 is 4.74 Å². The molecule has 0 aliphatic rings. The molecule has 2 heterocycles. The van der Waals surface area contributed by atoms with Crippen molar-refractivity contribution in [2.75, 3.05) is 18.5 Å². The third-order valence-corrected chi connectivity index (χ3v) is 3.42. The van der Waals surface area contributed by atoms with Crippen molar-refractivity contribution in [2.45, 2.75) is 33.1 Å². The summed E-state index contributed by atoms with van der Waals surface area (Å²) in [5, 5.41) is 6.17. The highest BCUT2D eigenvalue weighted by molar-refractivity contribution is 7.16. The second-order valence-electron chi connectivity index (χ2n) is 4.08. The molecule has 0 aliphatic heterocycles. The monoisotopic (exact) mass is 265 g/mol. The van der Waals surface area contributed by atoms with Crippen LogP contribution in [0.25, 0.3) is 10.2 Å². The van der Waals surface area contributed by atoms with E-state index in [0.717, 1.165) is 29.8 Å². The van der Waals surface area contributed by atoms with Gasteiger partial charge < -0.3 is 10.1 Å². The molecule has 0 aliphatic carbocycles. The molecule has 0 atom stereocenters. The standard InChI is InChI=1S/C13H19N3OS/c1-3-5-6-8-17-11-10-7-9-18-12(10)16-13(15-11)14-4-2/h7,9H,3-6,8H2,1-2H3,(H,14,15,16). The van der Waals surface area contributed by atoms with E-state index in [0.29, 0.717) is 11.8 Å². The molecule has 0 unspecified atom stereocenters. The number of nitrogens with zero attached hydrogens (tertiary/aromatic N) is 2. The molecule has 0 saturated carbocycles. The largest absolute Gasteiger partial charge is 0.477 e. The Morgan fingerprint density at radius 1 is 1.28 bits per heavy atom. The summed E-state index contributed by atoms with van der Waals surface area (Å²) in [4.78, 5) is 9.85. The van der Waals surface area contributed by atoms with E-state index in [1.54, 1.807) is 11.3 Å². The number of fused-ring (bicyclic) bond motifs is 1. The zero-order chi connectivity index (χ0) is 12.8. The second kappa shape index (κ2) is 6.54. The molecule has 0 spiro atoms. The number of ether oxygens (including phenoxy) is 1. The molecule has 0 saturated heterocycles. The number of anilines is 1. The molecule has 0 fully saturated rings. The molecule has 1 N–H and O–H groups in total. The summed E-state index contributed by atoms with van der Waals surface area (Å²) in [6.45, 7) is 5.75. The molecular formula is C13H19N3OS. The van der Waals surface area contributed by atoms with Gasteiger partial charge in [-0.3, -0.25) is 0 Å². The molecule has 98 valence electrons. The fourth-order valence-electron chi connectivity index (χ4n) is 1.70. The number of nitrogens with one attached hydrogen (secondary N) is 1. The zero-order valence-electron chi connectivity index (χ0n) is 10.9. The van der Waals surface area contributed by atoms with Crippen LogP contribution in [-0.4, -0.2) is 23.1 Å². The highest BCUT2D eigenvalue weighted by Gasteiger charge is 2.09. The summed E-state index contributed by atoms with van der Waals surface area (Å²) >= 11 is 1.61. The molecular weight excluding hydrogens is 246 g/mol. The fourth-order valence-corrected chi connectivity index (χ4v) is 2.45. The van der Waals surface area contributed by atoms with Gasteiger partial charge in [0.25, 0.3) is 0 Å². The molecule has 0 amide bonds. The zero-order valence-corrected chi connectivity index (χ0v) is 11.7. The third kappa shape index (κ3) is 3.10. The lowest BCUT2D eigenvalue weighted by Gasteiger charge is -2.08. The van der Waals surface area contributed by atoms with E-state index in [4.69, 9.17) is 4.74 Å². The van der Waals surface area contributed by atoms with E-state index in [1.165, 1.54) is 12.8 Å². The van der Waals surface area contributed by atoms with E-state index >= 15 is 0 Å². The fraction of sp³-hybridized carbons (Fsp3) is 0.538. The number of unbranched alkanes of at least 4 members (excludes halogenated alkanes) is 2. The van der Waals surface area contributed by atoms with Gasteiger partial charge in [-0.1, -0.05) is 19.8 Å². The highest BCUT2D eigenvalue weighted by Crippen LogP contribution is 2.28. The normalized spacial score (nSPS) is 10.8. The Hall–Kier alpha value is -1.36. The maximum atomic E-state index is 5.78. The first-order valence-corrected chi connectivity index (χ1v) is 7.35. The van der Waals surface area contributed by atoms with Gasteiger partial charge in [-0.15, -0.1) is 11.3 Å². The van der Waals surface area contributed by atoms with E-state index in [2.05, 4.69) is 22.2 Å². The first-order chi connectivity index (χ1) is 8.85. The van der Waals surface area contributed by atoms with Crippen molar-refractivity contribution >= 4 is 27.5 Å². The van der Waals surface area contributed by atoms with Crippen LogP contribution < -0.4 is 10.1 Å². The summed E-state index contributed by atoms with van der Waals surface area (Å²) in [6.07, 6.45) is 3.46. The maximum Gasteiger partial charge on any atom is 0.227 e. The molecule has 2 rings (SSSR count). The van der Waals surface area contributed by atoms with Crippen molar-refractivity contribution in [2.24, 2.45) is 0 Å². The summed E-state index contributed by atoms with van der Waals surface area (Å²) in [6, 6.07) is 2.02. The molecule has 2 aromatic heterocycles. The first-order valence-electron chi connectivity index (χ1n) is 6.47. The van der Waals surface area contributed by atoms with Gasteiger partial charge in [0.2, 0.25) is 11.8 Å². The summed E-state index contributed by atoms with van der Waals surface area (Å²) in [5.74, 6) is 1.35. The van der Waals surface area contributed by atoms with Crippen LogP contribution in [0.3, 0.4) is 0 Å². The first kappa shape index (κ1) is 13.1. The second-order valence-corrected chi connectivity index (χ2v) is 4.97. The van der Waals surface area contributed by atoms with Crippen LogP contribution in [0, 0.1) is 0 Å². The van der Waals surface area contributed by atoms with Gasteiger partial charge in [0.15, 0.2) is 0 Å². The highest BCUT2D eigenvalue weighted by atomic mass is 32.1. The Bertz CT molecular complexity index is 498. The Balaban J connectivity index is 2.15. The molecule has 0 bridgehead atoms. The third-order valence-electron chi connectivity index (χ3n) is 2.61. The van der Waals surface area contributed by atoms with E-state index in [1.807, 2.05) is 18.4 Å². The predicted octanol–water partition coefficient (Wildman–Crippen LogP) is 3.69. The Kier molecular flexibility index (Phi) is 4.75. The minimum atomic E-state index is 0.651. The summed E-state index contributed by atoms with van der Waals surface area (Å²) in [5.41, 5.74) is 0. The van der Waals surface area contributed by atoms with Gasteiger partial charge in [0.05, 0.1) is 12.0 Å². The van der Waals surface area contributed by atoms with Crippen LogP contribution in [0.4, 0.5) is 5.95 Å². The van der Waals surface area contributed by atoms with Gasteiger partial charge in [-0.25, -0.2) is 4.98 Å². The van der Waals surface area contributed by atoms with Gasteiger partial charge >= 0.3 is 0 Å². The SMILES string of the molecule is CCCCCOc1nc(NCC)nc2sccc12. The smallest absolute Gasteiger partial charge is 0.227 e. The van der Waals surface area contributed by atoms with Crippen molar-refractivity contribution in [1.29, 1.82) is 0 Å². The minimum Gasteiger partial charge on any atom is -0.477 e. The van der Waals surface area contributed by atoms with Crippen LogP contribution >= 0.6 is 11.3 Å². The Morgan fingerprint density at radius 2 is 2.17 bits per heavy atom. The molecule has 2 aromatic rings. The minimum absolute atomic E-state index is 0.651. The molecule has 0 aromatic carbocycles. The lowest BCUT2D eigenvalue weighted by molar-refractivity contribution is 0.299. The summed E-state index contributed by atoms with van der Waals surface area (Å²) < 4.78 is 5.78. The van der Waals surface area contributed by atoms with Crippen LogP contribution in [0.15, 0.2) is 11.4 Å². The van der Waals surface area contributed by atoms with Crippen molar-refractivity contribution in [3.05, 3.63) is 11.4 Å². The van der Waals surface area contributed by atoms with Crippen LogP contribution in [0.1, 0.15) is 33.1 Å². The van der Waals surface area contributed by atoms with E-state index in [-0.39, 0.29) is 0 Å². The maximum absolute atomic E-state index is 5.78. The van der Waals surface area contributed by atoms with E-state index < -0.39 is 0 Å². The van der Waals surface area contributed by atoms with Crippen molar-refractivity contribution in [3.8, 4) is 5.88 Å². The van der Waals surface area contributed by atoms with Gasteiger partial charge in [0, 0.05) is 6.54 Å². The average Bonchev–Trinajstić information content (AvgIpc) is 2.83. The van der Waals surface area contributed by atoms with Gasteiger partial charge in [0.1, 0.15) is 4.83 Å². The molecule has 18 heavy (non-hydrogen) atoms. The van der Waals surface area contributed by atoms with Gasteiger partial charge in [-0.05, 0) is 24.8 Å². The number of hydrogen-bond donors (Lipinski definition) is 1. The Morgan fingerprint density at radius 3 is 2.94 bits per heavy atom. The predicted molar refractivity (Wildman–Crippen MR) is 76.6 cm³/mol. The van der Waals surface area contributed by atoms with E-state index in [9.17, 15) is 0 Å². The van der Waals surface area contributed by atoms with Crippen LogP contribution in [0.5, 0.6) is 5.88 Å². The molecule has 0 radical (unpaired) electrons. The molecule has 4 nitrogen and oxygen atoms in total. The summed E-state index contributed by atoms with van der Waals surface area (Å²) in [7, 11) is 0. The lowest BCUT2D eigenvalue weighted by Crippen LogP contribution is -2.05. The van der Waals surface area contributed by atoms with Gasteiger partial charge in [-0.2, -0.15) is 4.98 Å². The lowest BCUT2D eigenvalue weighted by atomic mass is 10.3. The van der Waals surface area contributed by atoms with Crippen LogP contribution in [0.2, 0.25) is 0 Å². The number of thiophene rings is 1. The van der Waals surface area contributed by atoms with Crippen LogP contribution in [-0.2, 0) is 0 Å². The Labute approximate surface area is 111 Å². The average molecular weight is 265 g/mol. The topological polar surface area (TPSA) is 47.0 Å². The number of hydrogen-bond acceptors (Lipinski definition) is 5. The number of rotatable bonds is 7. The number of aromatic nitrogens is 2. The quantitative estimate of drug-likeness (QED) is 0.776. The molecule has 5 heteroatoms. The van der Waals surface area contributed by atoms with Crippen molar-refractivity contribution in [1.82, 2.24) is 9.97 Å².